The van der Waals surface area contributed by atoms with Gasteiger partial charge in [0, 0.05) is 29.5 Å². The van der Waals surface area contributed by atoms with E-state index in [-0.39, 0.29) is 23.8 Å². The zero-order valence-corrected chi connectivity index (χ0v) is 20.2. The number of aromatic nitrogens is 1. The Morgan fingerprint density at radius 1 is 1.09 bits per heavy atom. The van der Waals surface area contributed by atoms with Gasteiger partial charge in [0.15, 0.2) is 9.84 Å². The van der Waals surface area contributed by atoms with Gasteiger partial charge in [-0.25, -0.2) is 8.42 Å². The molecule has 0 aliphatic rings. The van der Waals surface area contributed by atoms with E-state index in [2.05, 4.69) is 5.18 Å². The molecule has 178 valence electrons. The summed E-state index contributed by atoms with van der Waals surface area (Å²) in [5.41, 5.74) is 7.84. The smallest absolute Gasteiger partial charge is 0.251 e. The van der Waals surface area contributed by atoms with Crippen LogP contribution in [0.1, 0.15) is 40.6 Å². The van der Waals surface area contributed by atoms with Crippen molar-refractivity contribution in [3.63, 3.8) is 0 Å². The van der Waals surface area contributed by atoms with Gasteiger partial charge in [-0.05, 0) is 65.9 Å². The summed E-state index contributed by atoms with van der Waals surface area (Å²) in [6, 6.07) is 13.8. The van der Waals surface area contributed by atoms with E-state index >= 15 is 0 Å². The predicted octanol–water partition coefficient (Wildman–Crippen LogP) is 3.73. The topological polar surface area (TPSA) is 129 Å². The van der Waals surface area contributed by atoms with Crippen LogP contribution in [0.3, 0.4) is 0 Å². The van der Waals surface area contributed by atoms with Crippen LogP contribution in [0.15, 0.2) is 75.7 Å². The van der Waals surface area contributed by atoms with Crippen molar-refractivity contribution in [2.24, 2.45) is 10.9 Å². The van der Waals surface area contributed by atoms with Crippen LogP contribution in [0, 0.1) is 11.8 Å². The van der Waals surface area contributed by atoms with Crippen LogP contribution in [-0.4, -0.2) is 25.1 Å². The Morgan fingerprint density at radius 3 is 2.29 bits per heavy atom. The molecule has 0 bridgehead atoms. The zero-order chi connectivity index (χ0) is 25.0. The molecule has 2 aromatic carbocycles. The van der Waals surface area contributed by atoms with E-state index < -0.39 is 27.3 Å². The first-order chi connectivity index (χ1) is 16.0. The minimum atomic E-state index is -3.37. The highest BCUT2D eigenvalue weighted by molar-refractivity contribution is 7.90. The molecule has 0 saturated carbocycles. The van der Waals surface area contributed by atoms with Gasteiger partial charge >= 0.3 is 0 Å². The second kappa shape index (κ2) is 10.3. The number of primary amides is 1. The van der Waals surface area contributed by atoms with Crippen molar-refractivity contribution in [1.29, 1.82) is 0 Å². The molecule has 10 heteroatoms. The van der Waals surface area contributed by atoms with Crippen LogP contribution in [0.25, 0.3) is 0 Å². The number of halogens is 1. The number of nitrogens with two attached hydrogens (primary N) is 1. The molecule has 2 atom stereocenters. The van der Waals surface area contributed by atoms with Gasteiger partial charge in [-0.2, -0.15) is 4.91 Å². The monoisotopic (exact) mass is 501 g/mol. The Kier molecular flexibility index (Phi) is 7.68. The molecule has 0 radical (unpaired) electrons. The Hall–Kier alpha value is -3.30. The van der Waals surface area contributed by atoms with E-state index in [0.717, 1.165) is 27.5 Å². The first-order valence-corrected chi connectivity index (χ1v) is 12.6. The SMILES string of the molecule is Cc1cc(Cl)ccc1C(CC(N=O)c1ccc(=O)n(CC(N)=O)c1)c1ccc(S(C)(=O)=O)cc1. The third-order valence-electron chi connectivity index (χ3n) is 5.62. The predicted molar refractivity (Wildman–Crippen MR) is 131 cm³/mol. The highest BCUT2D eigenvalue weighted by Gasteiger charge is 2.24. The number of nitroso groups, excluding NO2 is 1. The molecule has 2 unspecified atom stereocenters. The third-order valence-corrected chi connectivity index (χ3v) is 6.98. The number of carbonyl (C=O) groups is 1. The molecule has 2 N–H and O–H groups in total. The molecule has 8 nitrogen and oxygen atoms in total. The molecule has 0 spiro atoms. The molecule has 3 rings (SSSR count). The van der Waals surface area contributed by atoms with Crippen molar-refractivity contribution in [3.8, 4) is 0 Å². The number of aryl methyl sites for hydroxylation is 1. The fraction of sp³-hybridized carbons (Fsp3) is 0.250. The van der Waals surface area contributed by atoms with Gasteiger partial charge in [0.1, 0.15) is 12.6 Å². The lowest BCUT2D eigenvalue weighted by atomic mass is 9.83. The molecular weight excluding hydrogens is 478 g/mol. The summed E-state index contributed by atoms with van der Waals surface area (Å²) in [5.74, 6) is -1.01. The maximum absolute atomic E-state index is 12.1. The second-order valence-electron chi connectivity index (χ2n) is 8.15. The van der Waals surface area contributed by atoms with Crippen LogP contribution < -0.4 is 11.3 Å². The van der Waals surface area contributed by atoms with Gasteiger partial charge in [0.05, 0.1) is 4.90 Å². The summed E-state index contributed by atoms with van der Waals surface area (Å²) in [5, 5.41) is 3.87. The average Bonchev–Trinajstić information content (AvgIpc) is 2.76. The van der Waals surface area contributed by atoms with E-state index in [4.69, 9.17) is 17.3 Å². The Morgan fingerprint density at radius 2 is 1.74 bits per heavy atom. The molecule has 3 aromatic rings. The number of hydrogen-bond acceptors (Lipinski definition) is 6. The lowest BCUT2D eigenvalue weighted by molar-refractivity contribution is -0.118. The number of benzene rings is 2. The third kappa shape index (κ3) is 5.98. The van der Waals surface area contributed by atoms with Crippen molar-refractivity contribution in [2.75, 3.05) is 6.26 Å². The highest BCUT2D eigenvalue weighted by atomic mass is 35.5. The number of rotatable bonds is 9. The van der Waals surface area contributed by atoms with Gasteiger partial charge in [0.25, 0.3) is 5.56 Å². The minimum Gasteiger partial charge on any atom is -0.368 e. The average molecular weight is 502 g/mol. The van der Waals surface area contributed by atoms with Gasteiger partial charge < -0.3 is 10.3 Å². The van der Waals surface area contributed by atoms with Gasteiger partial charge in [-0.1, -0.05) is 35.0 Å². The number of pyridine rings is 1. The molecular formula is C24H24ClN3O5S. The van der Waals surface area contributed by atoms with E-state index in [9.17, 15) is 22.9 Å². The zero-order valence-electron chi connectivity index (χ0n) is 18.6. The van der Waals surface area contributed by atoms with E-state index in [1.807, 2.05) is 19.1 Å². The van der Waals surface area contributed by atoms with Crippen LogP contribution >= 0.6 is 11.6 Å². The maximum atomic E-state index is 12.1. The maximum Gasteiger partial charge on any atom is 0.251 e. The lowest BCUT2D eigenvalue weighted by Gasteiger charge is -2.23. The molecule has 1 amide bonds. The quantitative estimate of drug-likeness (QED) is 0.446. The number of sulfone groups is 1. The summed E-state index contributed by atoms with van der Waals surface area (Å²) >= 11 is 6.14. The van der Waals surface area contributed by atoms with Gasteiger partial charge in [-0.15, -0.1) is 0 Å². The summed E-state index contributed by atoms with van der Waals surface area (Å²) in [6.45, 7) is 1.58. The molecule has 34 heavy (non-hydrogen) atoms. The lowest BCUT2D eigenvalue weighted by Crippen LogP contribution is -2.27. The van der Waals surface area contributed by atoms with E-state index in [0.29, 0.717) is 10.6 Å². The Bertz CT molecular complexity index is 1380. The number of hydrogen-bond donors (Lipinski definition) is 1. The van der Waals surface area contributed by atoms with Crippen molar-refractivity contribution in [2.45, 2.75) is 36.7 Å². The highest BCUT2D eigenvalue weighted by Crippen LogP contribution is 2.38. The normalized spacial score (nSPS) is 13.3. The second-order valence-corrected chi connectivity index (χ2v) is 10.6. The van der Waals surface area contributed by atoms with Crippen LogP contribution in [0.5, 0.6) is 0 Å². The fourth-order valence-corrected chi connectivity index (χ4v) is 4.78. The molecule has 0 fully saturated rings. The van der Waals surface area contributed by atoms with Crippen molar-refractivity contribution in [1.82, 2.24) is 4.57 Å². The minimum absolute atomic E-state index is 0.186. The number of nitrogens with zero attached hydrogens (tertiary/aromatic N) is 2. The molecule has 0 saturated heterocycles. The number of carbonyl (C=O) groups excluding carboxylic acids is 1. The largest absolute Gasteiger partial charge is 0.368 e. The summed E-state index contributed by atoms with van der Waals surface area (Å²) in [7, 11) is -3.37. The van der Waals surface area contributed by atoms with Crippen LogP contribution in [-0.2, 0) is 21.2 Å². The Labute approximate surface area is 202 Å². The van der Waals surface area contributed by atoms with E-state index in [1.54, 1.807) is 18.2 Å². The van der Waals surface area contributed by atoms with E-state index in [1.165, 1.54) is 30.5 Å². The first-order valence-electron chi connectivity index (χ1n) is 10.4. The Balaban J connectivity index is 2.07. The van der Waals surface area contributed by atoms with Crippen molar-refractivity contribution < 1.29 is 13.2 Å². The van der Waals surface area contributed by atoms with Crippen molar-refractivity contribution in [3.05, 3.63) is 103 Å². The number of amides is 1. The summed E-state index contributed by atoms with van der Waals surface area (Å²) < 4.78 is 24.9. The fourth-order valence-electron chi connectivity index (χ4n) is 3.92. The first kappa shape index (κ1) is 25.3. The summed E-state index contributed by atoms with van der Waals surface area (Å²) in [4.78, 5) is 35.5. The molecule has 0 aliphatic heterocycles. The molecule has 1 heterocycles. The standard InChI is InChI=1S/C24H24ClN3O5S/c1-15-11-18(25)6-9-20(15)21(16-3-7-19(8-4-16)34(2,32)33)12-22(27-31)17-5-10-24(30)28(13-17)14-23(26)29/h3-11,13,21-22H,12,14H2,1-2H3,(H2,26,29). The molecule has 1 aromatic heterocycles. The van der Waals surface area contributed by atoms with Crippen LogP contribution in [0.2, 0.25) is 5.02 Å². The molecule has 0 aliphatic carbocycles. The van der Waals surface area contributed by atoms with Crippen molar-refractivity contribution >= 4 is 27.3 Å². The summed E-state index contributed by atoms with van der Waals surface area (Å²) in [6.07, 6.45) is 2.78. The van der Waals surface area contributed by atoms with Gasteiger partial charge in [0.2, 0.25) is 5.91 Å². The van der Waals surface area contributed by atoms with Gasteiger partial charge in [-0.3, -0.25) is 9.59 Å². The van der Waals surface area contributed by atoms with Crippen LogP contribution in [0.4, 0.5) is 0 Å².